The zero-order chi connectivity index (χ0) is 11.0. The van der Waals surface area contributed by atoms with Gasteiger partial charge in [0.2, 0.25) is 0 Å². The van der Waals surface area contributed by atoms with Crippen LogP contribution in [0.1, 0.15) is 19.8 Å². The Bertz CT molecular complexity index is 239. The number of carboxylic acids is 2. The molecular weight excluding hydrogens is 184 g/mol. The van der Waals surface area contributed by atoms with Gasteiger partial charge in [-0.3, -0.25) is 9.59 Å². The Balaban J connectivity index is 4.17. The molecule has 0 saturated heterocycles. The van der Waals surface area contributed by atoms with Crippen LogP contribution in [0.15, 0.2) is 24.3 Å². The number of hydrogen-bond donors (Lipinski definition) is 2. The third kappa shape index (κ3) is 5.13. The standard InChI is InChI=1S/C10H14O4/c1-2-3-4-5-6-7-8(9(11)12)10(13)14/h4-8H,2-3H2,1H3,(H,11,12)(H,13,14). The molecule has 0 bridgehead atoms. The van der Waals surface area contributed by atoms with Crippen molar-refractivity contribution < 1.29 is 19.8 Å². The van der Waals surface area contributed by atoms with Gasteiger partial charge in [0.05, 0.1) is 0 Å². The van der Waals surface area contributed by atoms with Gasteiger partial charge in [-0.05, 0) is 6.42 Å². The molecule has 0 aliphatic heterocycles. The van der Waals surface area contributed by atoms with Crippen molar-refractivity contribution in [3.63, 3.8) is 0 Å². The van der Waals surface area contributed by atoms with Crippen molar-refractivity contribution in [1.82, 2.24) is 0 Å². The summed E-state index contributed by atoms with van der Waals surface area (Å²) in [6, 6.07) is 0. The van der Waals surface area contributed by atoms with Crippen LogP contribution < -0.4 is 0 Å². The maximum atomic E-state index is 10.4. The lowest BCUT2D eigenvalue weighted by molar-refractivity contribution is -0.151. The van der Waals surface area contributed by atoms with Crippen molar-refractivity contribution in [2.45, 2.75) is 19.8 Å². The van der Waals surface area contributed by atoms with Gasteiger partial charge in [-0.1, -0.05) is 37.6 Å². The van der Waals surface area contributed by atoms with E-state index >= 15 is 0 Å². The second-order valence-electron chi connectivity index (χ2n) is 2.76. The van der Waals surface area contributed by atoms with Crippen LogP contribution in [0.25, 0.3) is 0 Å². The summed E-state index contributed by atoms with van der Waals surface area (Å²) in [5.41, 5.74) is 0. The highest BCUT2D eigenvalue weighted by Crippen LogP contribution is 2.00. The van der Waals surface area contributed by atoms with Gasteiger partial charge in [0.15, 0.2) is 5.92 Å². The lowest BCUT2D eigenvalue weighted by Gasteiger charge is -1.98. The molecule has 0 aromatic rings. The van der Waals surface area contributed by atoms with Gasteiger partial charge in [-0.2, -0.15) is 0 Å². The third-order valence-corrected chi connectivity index (χ3v) is 1.54. The number of hydrogen-bond acceptors (Lipinski definition) is 2. The summed E-state index contributed by atoms with van der Waals surface area (Å²) in [4.78, 5) is 20.8. The number of unbranched alkanes of at least 4 members (excludes halogenated alkanes) is 1. The fourth-order valence-corrected chi connectivity index (χ4v) is 0.787. The van der Waals surface area contributed by atoms with Crippen molar-refractivity contribution in [2.75, 3.05) is 0 Å². The predicted octanol–water partition coefficient (Wildman–Crippen LogP) is 1.68. The van der Waals surface area contributed by atoms with E-state index in [4.69, 9.17) is 10.2 Å². The lowest BCUT2D eigenvalue weighted by Crippen LogP contribution is -2.20. The van der Waals surface area contributed by atoms with E-state index < -0.39 is 17.9 Å². The summed E-state index contributed by atoms with van der Waals surface area (Å²) in [6.45, 7) is 2.02. The van der Waals surface area contributed by atoms with E-state index in [1.54, 1.807) is 6.08 Å². The molecule has 78 valence electrons. The van der Waals surface area contributed by atoms with Crippen LogP contribution in [0.2, 0.25) is 0 Å². The molecule has 0 aromatic carbocycles. The molecule has 0 fully saturated rings. The smallest absolute Gasteiger partial charge is 0.321 e. The van der Waals surface area contributed by atoms with E-state index in [9.17, 15) is 9.59 Å². The largest absolute Gasteiger partial charge is 0.480 e. The third-order valence-electron chi connectivity index (χ3n) is 1.54. The van der Waals surface area contributed by atoms with Crippen LogP contribution >= 0.6 is 0 Å². The van der Waals surface area contributed by atoms with E-state index in [0.29, 0.717) is 0 Å². The molecule has 0 amide bonds. The minimum Gasteiger partial charge on any atom is -0.480 e. The summed E-state index contributed by atoms with van der Waals surface area (Å²) in [6.07, 6.45) is 8.01. The highest BCUT2D eigenvalue weighted by Gasteiger charge is 2.21. The van der Waals surface area contributed by atoms with E-state index in [2.05, 4.69) is 0 Å². The molecule has 0 aliphatic rings. The Labute approximate surface area is 82.6 Å². The highest BCUT2D eigenvalue weighted by atomic mass is 16.4. The molecule has 0 saturated carbocycles. The Hall–Kier alpha value is -1.58. The van der Waals surface area contributed by atoms with Gasteiger partial charge in [0.1, 0.15) is 0 Å². The van der Waals surface area contributed by atoms with Crippen molar-refractivity contribution in [3.8, 4) is 0 Å². The molecule has 0 aliphatic carbocycles. The monoisotopic (exact) mass is 198 g/mol. The van der Waals surface area contributed by atoms with Crippen molar-refractivity contribution in [1.29, 1.82) is 0 Å². The van der Waals surface area contributed by atoms with Gasteiger partial charge in [0.25, 0.3) is 0 Å². The Morgan fingerprint density at radius 2 is 1.79 bits per heavy atom. The second-order valence-corrected chi connectivity index (χ2v) is 2.76. The molecule has 0 unspecified atom stereocenters. The van der Waals surface area contributed by atoms with Crippen LogP contribution in [0.4, 0.5) is 0 Å². The molecular formula is C10H14O4. The summed E-state index contributed by atoms with van der Waals surface area (Å²) in [5, 5.41) is 17.0. The topological polar surface area (TPSA) is 74.6 Å². The van der Waals surface area contributed by atoms with E-state index in [1.807, 2.05) is 13.0 Å². The van der Waals surface area contributed by atoms with Gasteiger partial charge in [-0.15, -0.1) is 0 Å². The molecule has 14 heavy (non-hydrogen) atoms. The minimum atomic E-state index is -1.46. The lowest BCUT2D eigenvalue weighted by atomic mass is 10.1. The number of aliphatic carboxylic acids is 2. The van der Waals surface area contributed by atoms with Gasteiger partial charge in [0, 0.05) is 0 Å². The zero-order valence-electron chi connectivity index (χ0n) is 8.01. The summed E-state index contributed by atoms with van der Waals surface area (Å²) in [7, 11) is 0. The molecule has 2 N–H and O–H groups in total. The van der Waals surface area contributed by atoms with Crippen LogP contribution in [-0.2, 0) is 9.59 Å². The molecule has 4 heteroatoms. The van der Waals surface area contributed by atoms with Crippen LogP contribution in [-0.4, -0.2) is 22.2 Å². The maximum Gasteiger partial charge on any atom is 0.321 e. The summed E-state index contributed by atoms with van der Waals surface area (Å²) in [5.74, 6) is -4.16. The fraction of sp³-hybridized carbons (Fsp3) is 0.400. The van der Waals surface area contributed by atoms with Crippen molar-refractivity contribution >= 4 is 11.9 Å². The molecule has 0 atom stereocenters. The normalized spacial score (nSPS) is 11.6. The average molecular weight is 198 g/mol. The van der Waals surface area contributed by atoms with Gasteiger partial charge < -0.3 is 10.2 Å². The predicted molar refractivity (Wildman–Crippen MR) is 51.9 cm³/mol. The van der Waals surface area contributed by atoms with Crippen LogP contribution in [0.3, 0.4) is 0 Å². The van der Waals surface area contributed by atoms with Gasteiger partial charge in [-0.25, -0.2) is 0 Å². The van der Waals surface area contributed by atoms with E-state index in [-0.39, 0.29) is 0 Å². The maximum absolute atomic E-state index is 10.4. The second kappa shape index (κ2) is 6.88. The quantitative estimate of drug-likeness (QED) is 0.503. The average Bonchev–Trinajstić information content (AvgIpc) is 2.09. The van der Waals surface area contributed by atoms with E-state index in [1.165, 1.54) is 6.08 Å². The Morgan fingerprint density at radius 1 is 1.21 bits per heavy atom. The molecule has 4 nitrogen and oxygen atoms in total. The zero-order valence-corrected chi connectivity index (χ0v) is 8.01. The minimum absolute atomic E-state index is 0.898. The fourth-order valence-electron chi connectivity index (χ4n) is 0.787. The van der Waals surface area contributed by atoms with Crippen LogP contribution in [0, 0.1) is 5.92 Å². The molecule has 0 spiro atoms. The first kappa shape index (κ1) is 12.4. The van der Waals surface area contributed by atoms with E-state index in [0.717, 1.165) is 18.9 Å². The number of carboxylic acid groups (broad SMARTS) is 2. The molecule has 0 rings (SSSR count). The molecule has 0 aromatic heterocycles. The molecule has 0 radical (unpaired) electrons. The Morgan fingerprint density at radius 3 is 2.21 bits per heavy atom. The van der Waals surface area contributed by atoms with Crippen molar-refractivity contribution in [2.24, 2.45) is 5.92 Å². The SMILES string of the molecule is CCCC=CC=CC(C(=O)O)C(=O)O. The Kier molecular flexibility index (Phi) is 6.11. The highest BCUT2D eigenvalue weighted by molar-refractivity contribution is 5.95. The molecule has 0 heterocycles. The van der Waals surface area contributed by atoms with Crippen LogP contribution in [0.5, 0.6) is 0 Å². The number of carbonyl (C=O) groups is 2. The first-order valence-electron chi connectivity index (χ1n) is 4.38. The summed E-state index contributed by atoms with van der Waals surface area (Å²) >= 11 is 0. The first-order valence-corrected chi connectivity index (χ1v) is 4.38. The summed E-state index contributed by atoms with van der Waals surface area (Å²) < 4.78 is 0. The van der Waals surface area contributed by atoms with Crippen molar-refractivity contribution in [3.05, 3.63) is 24.3 Å². The van der Waals surface area contributed by atoms with Gasteiger partial charge >= 0.3 is 11.9 Å². The number of allylic oxidation sites excluding steroid dienone is 3. The number of rotatable bonds is 6. The first-order chi connectivity index (χ1) is 6.59.